The van der Waals surface area contributed by atoms with E-state index in [9.17, 15) is 18.0 Å². The molecule has 0 bridgehead atoms. The molecule has 1 N–H and O–H groups in total. The van der Waals surface area contributed by atoms with E-state index in [2.05, 4.69) is 15.4 Å². The second-order valence-corrected chi connectivity index (χ2v) is 9.39. The van der Waals surface area contributed by atoms with Crippen molar-refractivity contribution in [2.75, 3.05) is 16.8 Å². The zero-order valence-electron chi connectivity index (χ0n) is 15.9. The van der Waals surface area contributed by atoms with Crippen molar-refractivity contribution in [1.82, 2.24) is 19.3 Å². The van der Waals surface area contributed by atoms with Gasteiger partial charge in [-0.05, 0) is 30.5 Å². The van der Waals surface area contributed by atoms with E-state index in [0.717, 1.165) is 12.0 Å². The predicted molar refractivity (Wildman–Crippen MR) is 109 cm³/mol. The zero-order valence-corrected chi connectivity index (χ0v) is 16.7. The number of hydrogen-bond acceptors (Lipinski definition) is 6. The van der Waals surface area contributed by atoms with Crippen LogP contribution in [-0.4, -0.2) is 45.2 Å². The zero-order chi connectivity index (χ0) is 20.6. The molecule has 1 aliphatic rings. The fourth-order valence-electron chi connectivity index (χ4n) is 3.54. The molecular formula is C19H21N5O4S. The molecule has 1 fully saturated rings. The summed E-state index contributed by atoms with van der Waals surface area (Å²) < 4.78 is 26.2. The Labute approximate surface area is 167 Å². The van der Waals surface area contributed by atoms with Crippen LogP contribution in [0.4, 0.5) is 5.69 Å². The Balaban J connectivity index is 1.55. The second-order valence-electron chi connectivity index (χ2n) is 7.16. The van der Waals surface area contributed by atoms with Crippen LogP contribution >= 0.6 is 0 Å². The van der Waals surface area contributed by atoms with Gasteiger partial charge in [-0.3, -0.25) is 14.2 Å². The van der Waals surface area contributed by atoms with Gasteiger partial charge in [-0.15, -0.1) is 0 Å². The minimum absolute atomic E-state index is 0.00618. The Morgan fingerprint density at radius 1 is 1.34 bits per heavy atom. The number of nitrogens with one attached hydrogen (secondary N) is 1. The summed E-state index contributed by atoms with van der Waals surface area (Å²) in [6.45, 7) is 1.85. The van der Waals surface area contributed by atoms with Crippen LogP contribution < -0.4 is 10.9 Å². The average Bonchev–Trinajstić information content (AvgIpc) is 3.27. The number of anilines is 1. The first-order chi connectivity index (χ1) is 13.9. The molecule has 0 radical (unpaired) electrons. The summed E-state index contributed by atoms with van der Waals surface area (Å²) in [5, 5.41) is 7.23. The average molecular weight is 415 g/mol. The molecule has 4 rings (SSSR count). The lowest BCUT2D eigenvalue weighted by molar-refractivity contribution is -0.116. The van der Waals surface area contributed by atoms with Gasteiger partial charge >= 0.3 is 0 Å². The highest BCUT2D eigenvalue weighted by Gasteiger charge is 2.31. The van der Waals surface area contributed by atoms with Gasteiger partial charge in [0, 0.05) is 5.69 Å². The lowest BCUT2D eigenvalue weighted by Crippen LogP contribution is -2.28. The number of carbonyl (C=O) groups excluding carboxylic acids is 1. The van der Waals surface area contributed by atoms with E-state index in [1.165, 1.54) is 21.8 Å². The molecular weight excluding hydrogens is 394 g/mol. The van der Waals surface area contributed by atoms with E-state index >= 15 is 0 Å². The lowest BCUT2D eigenvalue weighted by atomic mass is 10.1. The summed E-state index contributed by atoms with van der Waals surface area (Å²) in [6.07, 6.45) is 3.99. The van der Waals surface area contributed by atoms with Crippen molar-refractivity contribution in [3.63, 3.8) is 0 Å². The normalized spacial score (nSPS) is 18.2. The van der Waals surface area contributed by atoms with E-state index in [1.54, 1.807) is 6.07 Å². The van der Waals surface area contributed by atoms with E-state index in [-0.39, 0.29) is 40.9 Å². The fourth-order valence-corrected chi connectivity index (χ4v) is 5.23. The summed E-state index contributed by atoms with van der Waals surface area (Å²) in [5.74, 6) is -0.237. The minimum atomic E-state index is -3.08. The molecule has 2 aromatic heterocycles. The fraction of sp³-hybridized carbons (Fsp3) is 0.368. The highest BCUT2D eigenvalue weighted by Crippen LogP contribution is 2.25. The monoisotopic (exact) mass is 415 g/mol. The van der Waals surface area contributed by atoms with Crippen LogP contribution in [0.1, 0.15) is 24.9 Å². The van der Waals surface area contributed by atoms with Crippen molar-refractivity contribution in [1.29, 1.82) is 0 Å². The Morgan fingerprint density at radius 3 is 2.90 bits per heavy atom. The summed E-state index contributed by atoms with van der Waals surface area (Å²) >= 11 is 0. The van der Waals surface area contributed by atoms with Gasteiger partial charge in [-0.1, -0.05) is 19.1 Å². The van der Waals surface area contributed by atoms with Crippen LogP contribution in [0.3, 0.4) is 0 Å². The maximum Gasteiger partial charge on any atom is 0.264 e. The summed E-state index contributed by atoms with van der Waals surface area (Å²) in [6, 6.07) is 7.20. The number of benzene rings is 1. The van der Waals surface area contributed by atoms with Crippen molar-refractivity contribution in [2.45, 2.75) is 32.4 Å². The molecule has 152 valence electrons. The SMILES string of the molecule is CCc1cccc(NC(=O)Cn2cnc3c(cnn3C3CCS(=O)(=O)C3)c2=O)c1. The topological polar surface area (TPSA) is 116 Å². The molecule has 0 spiro atoms. The molecule has 3 aromatic rings. The van der Waals surface area contributed by atoms with Gasteiger partial charge in [-0.25, -0.2) is 18.1 Å². The van der Waals surface area contributed by atoms with Crippen molar-refractivity contribution in [3.8, 4) is 0 Å². The predicted octanol–water partition coefficient (Wildman–Crippen LogP) is 1.15. The Bertz CT molecular complexity index is 1240. The standard InChI is InChI=1S/C19H21N5O4S/c1-2-13-4-3-5-14(8-13)22-17(25)10-23-12-20-18-16(19(23)26)9-21-24(18)15-6-7-29(27,28)11-15/h3-5,8-9,12,15H,2,6-7,10-11H2,1H3,(H,22,25). The van der Waals surface area contributed by atoms with Gasteiger partial charge in [0.2, 0.25) is 5.91 Å². The first-order valence-electron chi connectivity index (χ1n) is 9.38. The molecule has 0 saturated carbocycles. The van der Waals surface area contributed by atoms with E-state index in [4.69, 9.17) is 0 Å². The van der Waals surface area contributed by atoms with Crippen molar-refractivity contribution in [3.05, 3.63) is 52.7 Å². The van der Waals surface area contributed by atoms with Crippen molar-refractivity contribution < 1.29 is 13.2 Å². The summed E-state index contributed by atoms with van der Waals surface area (Å²) in [5.41, 5.74) is 1.72. The third-order valence-electron chi connectivity index (χ3n) is 5.07. The van der Waals surface area contributed by atoms with Gasteiger partial charge < -0.3 is 5.32 Å². The van der Waals surface area contributed by atoms with Crippen molar-refractivity contribution in [2.24, 2.45) is 0 Å². The van der Waals surface area contributed by atoms with Gasteiger partial charge in [0.25, 0.3) is 5.56 Å². The Morgan fingerprint density at radius 2 is 2.17 bits per heavy atom. The number of carbonyl (C=O) groups is 1. The number of rotatable bonds is 5. The maximum atomic E-state index is 12.7. The molecule has 10 heteroatoms. The molecule has 1 atom stereocenters. The number of amides is 1. The molecule has 9 nitrogen and oxygen atoms in total. The van der Waals surface area contributed by atoms with Crippen LogP contribution in [0, 0.1) is 0 Å². The van der Waals surface area contributed by atoms with E-state index < -0.39 is 9.84 Å². The van der Waals surface area contributed by atoms with Crippen LogP contribution in [0.15, 0.2) is 41.6 Å². The molecule has 1 saturated heterocycles. The number of sulfone groups is 1. The largest absolute Gasteiger partial charge is 0.325 e. The molecule has 1 unspecified atom stereocenters. The van der Waals surface area contributed by atoms with E-state index in [1.807, 2.05) is 25.1 Å². The molecule has 1 amide bonds. The minimum Gasteiger partial charge on any atom is -0.325 e. The van der Waals surface area contributed by atoms with Crippen LogP contribution in [0.2, 0.25) is 0 Å². The molecule has 1 aliphatic heterocycles. The molecule has 1 aromatic carbocycles. The number of aromatic nitrogens is 4. The Kier molecular flexibility index (Phi) is 4.95. The molecule has 29 heavy (non-hydrogen) atoms. The van der Waals surface area contributed by atoms with Crippen molar-refractivity contribution >= 4 is 32.5 Å². The lowest BCUT2D eigenvalue weighted by Gasteiger charge is -2.10. The van der Waals surface area contributed by atoms with Crippen LogP contribution in [0.25, 0.3) is 11.0 Å². The van der Waals surface area contributed by atoms with Gasteiger partial charge in [0.15, 0.2) is 15.5 Å². The Hall–Kier alpha value is -3.01. The number of aryl methyl sites for hydroxylation is 1. The van der Waals surface area contributed by atoms with Crippen LogP contribution in [0.5, 0.6) is 0 Å². The molecule has 3 heterocycles. The maximum absolute atomic E-state index is 12.7. The van der Waals surface area contributed by atoms with E-state index in [0.29, 0.717) is 17.8 Å². The number of hydrogen-bond donors (Lipinski definition) is 1. The third kappa shape index (κ3) is 3.93. The smallest absolute Gasteiger partial charge is 0.264 e. The highest BCUT2D eigenvalue weighted by atomic mass is 32.2. The summed E-state index contributed by atoms with van der Waals surface area (Å²) in [7, 11) is -3.08. The number of nitrogens with zero attached hydrogens (tertiary/aromatic N) is 4. The highest BCUT2D eigenvalue weighted by molar-refractivity contribution is 7.91. The first-order valence-corrected chi connectivity index (χ1v) is 11.2. The summed E-state index contributed by atoms with van der Waals surface area (Å²) in [4.78, 5) is 29.4. The second kappa shape index (κ2) is 7.43. The quantitative estimate of drug-likeness (QED) is 0.668. The molecule has 0 aliphatic carbocycles. The van der Waals surface area contributed by atoms with Crippen LogP contribution in [-0.2, 0) is 27.6 Å². The third-order valence-corrected chi connectivity index (χ3v) is 6.82. The number of fused-ring (bicyclic) bond motifs is 1. The van der Waals surface area contributed by atoms with Gasteiger partial charge in [0.05, 0.1) is 23.7 Å². The van der Waals surface area contributed by atoms with Gasteiger partial charge in [0.1, 0.15) is 18.3 Å². The first kappa shape index (κ1) is 19.3. The van der Waals surface area contributed by atoms with Gasteiger partial charge in [-0.2, -0.15) is 5.10 Å².